The lowest BCUT2D eigenvalue weighted by Crippen LogP contribution is -2.45. The first-order valence-electron chi connectivity index (χ1n) is 13.3. The van der Waals surface area contributed by atoms with Crippen molar-refractivity contribution in [2.24, 2.45) is 11.8 Å². The zero-order valence-electron chi connectivity index (χ0n) is 21.4. The summed E-state index contributed by atoms with van der Waals surface area (Å²) in [7, 11) is 0. The fourth-order valence-electron chi connectivity index (χ4n) is 6.61. The van der Waals surface area contributed by atoms with E-state index in [0.29, 0.717) is 35.3 Å². The minimum atomic E-state index is -0.223. The average Bonchev–Trinajstić information content (AvgIpc) is 2.95. The van der Waals surface area contributed by atoms with Crippen LogP contribution in [-0.2, 0) is 0 Å². The van der Waals surface area contributed by atoms with Gasteiger partial charge in [0.1, 0.15) is 0 Å². The van der Waals surface area contributed by atoms with Crippen LogP contribution in [0.2, 0.25) is 0 Å². The van der Waals surface area contributed by atoms with Gasteiger partial charge < -0.3 is 5.48 Å². The molecule has 2 aliphatic heterocycles. The van der Waals surface area contributed by atoms with E-state index in [-0.39, 0.29) is 40.9 Å². The predicted octanol–water partition coefficient (Wildman–Crippen LogP) is 4.87. The standard InChI is InChI=1S/C32H26N2O4.H2O/c35-29-23-9-1-5-21-6-2-10-24(27(21)23)30(36)33(29)17-19-13-15-20(16-14-19)18-34-31(37)25-11-3-7-22-8-4-12-26(28(22)25)32(34)38;/h1-12,19-20H,13-18H2;1H2. The van der Waals surface area contributed by atoms with Crippen molar-refractivity contribution in [2.75, 3.05) is 13.1 Å². The second-order valence-electron chi connectivity index (χ2n) is 10.7. The minimum Gasteiger partial charge on any atom is -0.412 e. The Morgan fingerprint density at radius 1 is 0.487 bits per heavy atom. The van der Waals surface area contributed by atoms with Gasteiger partial charge in [0, 0.05) is 46.1 Å². The number of imide groups is 2. The van der Waals surface area contributed by atoms with Gasteiger partial charge in [0.2, 0.25) is 0 Å². The molecule has 1 aliphatic carbocycles. The normalized spacial score (nSPS) is 20.5. The van der Waals surface area contributed by atoms with Crippen LogP contribution in [0.1, 0.15) is 67.1 Å². The molecule has 2 heterocycles. The highest BCUT2D eigenvalue weighted by Gasteiger charge is 2.37. The van der Waals surface area contributed by atoms with Crippen LogP contribution < -0.4 is 0 Å². The summed E-state index contributed by atoms with van der Waals surface area (Å²) in [6, 6.07) is 22.4. The number of carbonyl (C=O) groups excluding carboxylic acids is 4. The monoisotopic (exact) mass is 520 g/mol. The Morgan fingerprint density at radius 3 is 1.05 bits per heavy atom. The van der Waals surface area contributed by atoms with Crippen LogP contribution in [0.25, 0.3) is 21.5 Å². The maximum absolute atomic E-state index is 13.3. The van der Waals surface area contributed by atoms with Gasteiger partial charge in [-0.25, -0.2) is 0 Å². The summed E-state index contributed by atoms with van der Waals surface area (Å²) >= 11 is 0. The van der Waals surface area contributed by atoms with Crippen LogP contribution in [0.5, 0.6) is 0 Å². The van der Waals surface area contributed by atoms with Gasteiger partial charge in [-0.3, -0.25) is 29.0 Å². The van der Waals surface area contributed by atoms with Crippen LogP contribution >= 0.6 is 0 Å². The average molecular weight is 521 g/mol. The first-order chi connectivity index (χ1) is 18.5. The largest absolute Gasteiger partial charge is 0.412 e. The molecule has 7 nitrogen and oxygen atoms in total. The third-order valence-corrected chi connectivity index (χ3v) is 8.56. The summed E-state index contributed by atoms with van der Waals surface area (Å²) in [5.41, 5.74) is 2.35. The molecule has 4 aromatic rings. The summed E-state index contributed by atoms with van der Waals surface area (Å²) in [5, 5.41) is 3.31. The summed E-state index contributed by atoms with van der Waals surface area (Å²) in [4.78, 5) is 56.0. The molecule has 4 aromatic carbocycles. The molecule has 7 rings (SSSR count). The lowest BCUT2D eigenvalue weighted by molar-refractivity contribution is 0.0516. The molecular formula is C32H28N2O5. The van der Waals surface area contributed by atoms with E-state index in [4.69, 9.17) is 0 Å². The summed E-state index contributed by atoms with van der Waals surface area (Å²) in [6.07, 6.45) is 3.37. The Hall–Kier alpha value is -4.36. The Bertz CT molecular complexity index is 1460. The maximum Gasteiger partial charge on any atom is 0.261 e. The van der Waals surface area contributed by atoms with Crippen molar-refractivity contribution < 1.29 is 24.7 Å². The molecule has 7 heteroatoms. The van der Waals surface area contributed by atoms with Crippen molar-refractivity contribution in [3.8, 4) is 0 Å². The van der Waals surface area contributed by atoms with Gasteiger partial charge in [0.25, 0.3) is 23.6 Å². The van der Waals surface area contributed by atoms with E-state index in [2.05, 4.69) is 0 Å². The van der Waals surface area contributed by atoms with Crippen LogP contribution in [0.15, 0.2) is 72.8 Å². The van der Waals surface area contributed by atoms with Crippen molar-refractivity contribution in [3.63, 3.8) is 0 Å². The highest BCUT2D eigenvalue weighted by molar-refractivity contribution is 6.26. The van der Waals surface area contributed by atoms with Gasteiger partial charge in [-0.2, -0.15) is 0 Å². The fraction of sp³-hybridized carbons (Fsp3) is 0.250. The second kappa shape index (κ2) is 9.43. The van der Waals surface area contributed by atoms with Crippen LogP contribution in [0.3, 0.4) is 0 Å². The van der Waals surface area contributed by atoms with Crippen molar-refractivity contribution >= 4 is 45.2 Å². The summed E-state index contributed by atoms with van der Waals surface area (Å²) < 4.78 is 0. The summed E-state index contributed by atoms with van der Waals surface area (Å²) in [5.74, 6) is -0.494. The molecule has 0 radical (unpaired) electrons. The Kier molecular flexibility index (Phi) is 6.03. The molecule has 1 fully saturated rings. The van der Waals surface area contributed by atoms with Gasteiger partial charge in [-0.1, -0.05) is 48.5 Å². The van der Waals surface area contributed by atoms with E-state index < -0.39 is 0 Å². The Balaban J connectivity index is 0.00000277. The van der Waals surface area contributed by atoms with Crippen molar-refractivity contribution in [1.29, 1.82) is 0 Å². The maximum atomic E-state index is 13.3. The Morgan fingerprint density at radius 2 is 0.769 bits per heavy atom. The third kappa shape index (κ3) is 3.84. The number of rotatable bonds is 4. The molecule has 0 atom stereocenters. The predicted molar refractivity (Wildman–Crippen MR) is 148 cm³/mol. The van der Waals surface area contributed by atoms with Crippen molar-refractivity contribution in [3.05, 3.63) is 95.1 Å². The van der Waals surface area contributed by atoms with E-state index >= 15 is 0 Å². The zero-order chi connectivity index (χ0) is 26.0. The van der Waals surface area contributed by atoms with Gasteiger partial charge in [0.15, 0.2) is 0 Å². The topological polar surface area (TPSA) is 106 Å². The fourth-order valence-corrected chi connectivity index (χ4v) is 6.61. The lowest BCUT2D eigenvalue weighted by atomic mass is 9.80. The molecule has 3 aliphatic rings. The molecular weight excluding hydrogens is 492 g/mol. The van der Waals surface area contributed by atoms with Crippen molar-refractivity contribution in [1.82, 2.24) is 9.80 Å². The van der Waals surface area contributed by atoms with E-state index in [1.165, 1.54) is 9.80 Å². The molecule has 2 N–H and O–H groups in total. The zero-order valence-corrected chi connectivity index (χ0v) is 21.4. The molecule has 0 unspecified atom stereocenters. The number of nitrogens with zero attached hydrogens (tertiary/aromatic N) is 2. The molecule has 0 aromatic heterocycles. The van der Waals surface area contributed by atoms with Gasteiger partial charge in [0.05, 0.1) is 0 Å². The molecule has 1 saturated carbocycles. The smallest absolute Gasteiger partial charge is 0.261 e. The molecule has 0 bridgehead atoms. The SMILES string of the molecule is O.O=C1c2cccc3cccc(c23)C(=O)N1CC1CCC(CN2C(=O)c3cccc4cccc(c34)C2=O)CC1. The number of hydrogen-bond acceptors (Lipinski definition) is 4. The second-order valence-corrected chi connectivity index (χ2v) is 10.7. The minimum absolute atomic E-state index is 0. The number of amides is 4. The van der Waals surface area contributed by atoms with Crippen molar-refractivity contribution in [2.45, 2.75) is 25.7 Å². The van der Waals surface area contributed by atoms with E-state index in [1.807, 2.05) is 48.5 Å². The van der Waals surface area contributed by atoms with Crippen LogP contribution in [0.4, 0.5) is 0 Å². The quantitative estimate of drug-likeness (QED) is 0.358. The molecule has 0 spiro atoms. The highest BCUT2D eigenvalue weighted by atomic mass is 16.2. The number of carbonyl (C=O) groups is 4. The van der Waals surface area contributed by atoms with Gasteiger partial charge in [-0.05, 0) is 72.6 Å². The first-order valence-corrected chi connectivity index (χ1v) is 13.3. The molecule has 39 heavy (non-hydrogen) atoms. The van der Waals surface area contributed by atoms with Crippen LogP contribution in [-0.4, -0.2) is 52.0 Å². The first kappa shape index (κ1) is 24.9. The van der Waals surface area contributed by atoms with Crippen LogP contribution in [0, 0.1) is 11.8 Å². The lowest BCUT2D eigenvalue weighted by Gasteiger charge is -2.36. The van der Waals surface area contributed by atoms with Gasteiger partial charge >= 0.3 is 0 Å². The molecule has 0 saturated heterocycles. The van der Waals surface area contributed by atoms with Gasteiger partial charge in [-0.15, -0.1) is 0 Å². The molecule has 4 amide bonds. The van der Waals surface area contributed by atoms with E-state index in [0.717, 1.165) is 47.2 Å². The van der Waals surface area contributed by atoms with E-state index in [9.17, 15) is 19.2 Å². The summed E-state index contributed by atoms with van der Waals surface area (Å²) in [6.45, 7) is 0.790. The third-order valence-electron chi connectivity index (χ3n) is 8.56. The van der Waals surface area contributed by atoms with E-state index in [1.54, 1.807) is 24.3 Å². The highest BCUT2D eigenvalue weighted by Crippen LogP contribution is 2.36. The number of benzene rings is 4. The molecule has 196 valence electrons. The Labute approximate surface area is 225 Å². The number of hydrogen-bond donors (Lipinski definition) is 0.